The third kappa shape index (κ3) is 4.84. The number of likely N-dealkylation sites (tertiary alicyclic amines) is 1. The van der Waals surface area contributed by atoms with Gasteiger partial charge in [0.05, 0.1) is 6.04 Å². The van der Waals surface area contributed by atoms with Crippen molar-refractivity contribution in [3.05, 3.63) is 35.9 Å². The molecule has 3 aliphatic heterocycles. The number of ketones is 1. The molecule has 0 radical (unpaired) electrons. The van der Waals surface area contributed by atoms with Crippen molar-refractivity contribution in [2.45, 2.75) is 84.3 Å². The molecule has 3 saturated heterocycles. The van der Waals surface area contributed by atoms with Gasteiger partial charge in [-0.3, -0.25) is 19.4 Å². The second kappa shape index (κ2) is 10.3. The second-order valence-electron chi connectivity index (χ2n) is 12.4. The van der Waals surface area contributed by atoms with Crippen LogP contribution in [0.5, 0.6) is 0 Å². The Hall–Kier alpha value is -2.25. The Balaban J connectivity index is 1.62. The fraction of sp³-hybridized carbons (Fsp3) is 0.690. The molecule has 7 nitrogen and oxygen atoms in total. The summed E-state index contributed by atoms with van der Waals surface area (Å²) in [5, 5.41) is 3.56. The van der Waals surface area contributed by atoms with Gasteiger partial charge in [-0.25, -0.2) is 4.79 Å². The molecule has 1 spiro atoms. The summed E-state index contributed by atoms with van der Waals surface area (Å²) < 4.78 is 0. The lowest BCUT2D eigenvalue weighted by Crippen LogP contribution is -2.61. The number of carbonyl (C=O) groups is 3. The van der Waals surface area contributed by atoms with E-state index in [4.69, 9.17) is 0 Å². The number of piperidine rings is 1. The zero-order chi connectivity index (χ0) is 26.3. The van der Waals surface area contributed by atoms with Crippen molar-refractivity contribution in [1.82, 2.24) is 20.0 Å². The Morgan fingerprint density at radius 3 is 2.28 bits per heavy atom. The van der Waals surface area contributed by atoms with Gasteiger partial charge >= 0.3 is 6.03 Å². The topological polar surface area (TPSA) is 73.0 Å². The first kappa shape index (κ1) is 26.8. The van der Waals surface area contributed by atoms with Gasteiger partial charge in [-0.15, -0.1) is 0 Å². The highest BCUT2D eigenvalue weighted by Crippen LogP contribution is 2.41. The van der Waals surface area contributed by atoms with Gasteiger partial charge in [0.15, 0.2) is 5.78 Å². The highest BCUT2D eigenvalue weighted by Gasteiger charge is 2.59. The van der Waals surface area contributed by atoms with Gasteiger partial charge in [0.1, 0.15) is 5.54 Å². The van der Waals surface area contributed by atoms with Crippen LogP contribution in [0, 0.1) is 11.3 Å². The predicted octanol–water partition coefficient (Wildman–Crippen LogP) is 3.89. The molecule has 0 aromatic heterocycles. The van der Waals surface area contributed by atoms with Crippen molar-refractivity contribution >= 4 is 17.7 Å². The molecule has 1 unspecified atom stereocenters. The van der Waals surface area contributed by atoms with Crippen LogP contribution in [0.1, 0.15) is 72.3 Å². The van der Waals surface area contributed by atoms with Crippen molar-refractivity contribution in [1.29, 1.82) is 0 Å². The zero-order valence-corrected chi connectivity index (χ0v) is 22.9. The van der Waals surface area contributed by atoms with Gasteiger partial charge in [0.25, 0.3) is 5.91 Å². The number of hydrogen-bond donors (Lipinski definition) is 1. The third-order valence-electron chi connectivity index (χ3n) is 8.32. The van der Waals surface area contributed by atoms with E-state index in [9.17, 15) is 14.4 Å². The second-order valence-corrected chi connectivity index (χ2v) is 12.4. The lowest BCUT2D eigenvalue weighted by Gasteiger charge is -2.47. The first-order chi connectivity index (χ1) is 17.0. The first-order valence-corrected chi connectivity index (χ1v) is 13.7. The summed E-state index contributed by atoms with van der Waals surface area (Å²) in [5.41, 5.74) is 0.392. The molecule has 1 aromatic carbocycles. The fourth-order valence-corrected chi connectivity index (χ4v) is 6.81. The molecule has 3 aliphatic rings. The summed E-state index contributed by atoms with van der Waals surface area (Å²) in [5.74, 6) is 0.669. The number of nitrogens with zero attached hydrogens (tertiary/aromatic N) is 3. The summed E-state index contributed by atoms with van der Waals surface area (Å²) >= 11 is 0. The molecule has 1 N–H and O–H groups in total. The van der Waals surface area contributed by atoms with Crippen LogP contribution in [-0.2, 0) is 9.59 Å². The maximum Gasteiger partial charge on any atom is 0.327 e. The number of hydrogen-bond acceptors (Lipinski definition) is 5. The van der Waals surface area contributed by atoms with E-state index >= 15 is 0 Å². The molecule has 36 heavy (non-hydrogen) atoms. The largest absolute Gasteiger partial charge is 0.327 e. The Bertz CT molecular complexity index is 962. The van der Waals surface area contributed by atoms with Gasteiger partial charge in [-0.1, -0.05) is 51.1 Å². The van der Waals surface area contributed by atoms with E-state index in [1.165, 1.54) is 10.5 Å². The number of likely N-dealkylation sites (N-methyl/N-ethyl adjacent to an activating group) is 1. The number of benzene rings is 1. The number of imide groups is 1. The van der Waals surface area contributed by atoms with Gasteiger partial charge in [-0.2, -0.15) is 0 Å². The van der Waals surface area contributed by atoms with Crippen LogP contribution < -0.4 is 5.32 Å². The lowest BCUT2D eigenvalue weighted by molar-refractivity contribution is -0.138. The Labute approximate surface area is 216 Å². The lowest BCUT2D eigenvalue weighted by atomic mass is 9.76. The van der Waals surface area contributed by atoms with E-state index in [2.05, 4.69) is 55.3 Å². The van der Waals surface area contributed by atoms with Crippen LogP contribution in [0.4, 0.5) is 4.79 Å². The highest BCUT2D eigenvalue weighted by atomic mass is 16.2. The minimum absolute atomic E-state index is 0.0515. The summed E-state index contributed by atoms with van der Waals surface area (Å²) in [4.78, 5) is 46.1. The van der Waals surface area contributed by atoms with E-state index in [0.29, 0.717) is 38.9 Å². The van der Waals surface area contributed by atoms with Crippen LogP contribution in [0.25, 0.3) is 0 Å². The minimum Gasteiger partial charge on any atom is -0.316 e. The van der Waals surface area contributed by atoms with Crippen LogP contribution in [0.3, 0.4) is 0 Å². The molecule has 4 rings (SSSR count). The van der Waals surface area contributed by atoms with E-state index in [0.717, 1.165) is 13.1 Å². The van der Waals surface area contributed by atoms with Gasteiger partial charge in [-0.05, 0) is 44.6 Å². The van der Waals surface area contributed by atoms with Crippen molar-refractivity contribution in [3.8, 4) is 0 Å². The molecule has 3 atom stereocenters. The normalized spacial score (nSPS) is 25.9. The number of amides is 3. The quantitative estimate of drug-likeness (QED) is 0.580. The Morgan fingerprint density at radius 2 is 1.72 bits per heavy atom. The fourth-order valence-electron chi connectivity index (χ4n) is 6.81. The van der Waals surface area contributed by atoms with Crippen molar-refractivity contribution < 1.29 is 14.4 Å². The maximum absolute atomic E-state index is 13.9. The summed E-state index contributed by atoms with van der Waals surface area (Å²) in [6.45, 7) is 15.5. The maximum atomic E-state index is 13.9. The molecule has 0 saturated carbocycles. The summed E-state index contributed by atoms with van der Waals surface area (Å²) in [6, 6.07) is 10.1. The van der Waals surface area contributed by atoms with Crippen LogP contribution in [0.2, 0.25) is 0 Å². The molecular formula is C29H44N4O3. The number of rotatable bonds is 7. The standard InChI is InChI=1S/C29H44N4O3/c1-7-32-26(35)29(33(20(2)3)27(32)36)13-15-31(16-14-29)25(24(34)17-28(4,5)6)23-19-30-18-22(23)21-11-9-8-10-12-21/h8-12,20,22-23,25,30H,7,13-19H2,1-6H3/t22-,23-,25?/m1/s1. The molecule has 3 fully saturated rings. The van der Waals surface area contributed by atoms with Crippen LogP contribution >= 0.6 is 0 Å². The molecule has 1 aromatic rings. The molecular weight excluding hydrogens is 452 g/mol. The number of Topliss-reactive ketones (excluding diaryl/α,β-unsaturated/α-hetero) is 1. The summed E-state index contributed by atoms with van der Waals surface area (Å²) in [7, 11) is 0. The Morgan fingerprint density at radius 1 is 1.08 bits per heavy atom. The van der Waals surface area contributed by atoms with Crippen LogP contribution in [-0.4, -0.2) is 82.8 Å². The van der Waals surface area contributed by atoms with E-state index in [1.54, 1.807) is 0 Å². The zero-order valence-electron chi connectivity index (χ0n) is 22.9. The highest BCUT2D eigenvalue weighted by molar-refractivity contribution is 6.07. The first-order valence-electron chi connectivity index (χ1n) is 13.7. The SMILES string of the molecule is CCN1C(=O)N(C(C)C)C2(CCN(C(C(=O)CC(C)(C)C)[C@@H]3CNC[C@@H]3c3ccccc3)CC2)C1=O. The van der Waals surface area contributed by atoms with E-state index in [-0.39, 0.29) is 47.1 Å². The van der Waals surface area contributed by atoms with Gasteiger partial charge in [0, 0.05) is 57.0 Å². The van der Waals surface area contributed by atoms with Gasteiger partial charge in [0.2, 0.25) is 0 Å². The number of carbonyl (C=O) groups excluding carboxylic acids is 3. The molecule has 3 amide bonds. The van der Waals surface area contributed by atoms with Crippen molar-refractivity contribution in [3.63, 3.8) is 0 Å². The molecule has 0 aliphatic carbocycles. The van der Waals surface area contributed by atoms with E-state index in [1.807, 2.05) is 31.7 Å². The average Bonchev–Trinajstić information content (AvgIpc) is 3.36. The van der Waals surface area contributed by atoms with Crippen LogP contribution in [0.15, 0.2) is 30.3 Å². The summed E-state index contributed by atoms with van der Waals surface area (Å²) in [6.07, 6.45) is 1.67. The molecule has 0 bridgehead atoms. The molecule has 3 heterocycles. The average molecular weight is 497 g/mol. The molecule has 198 valence electrons. The third-order valence-corrected chi connectivity index (χ3v) is 8.32. The van der Waals surface area contributed by atoms with Crippen molar-refractivity contribution in [2.24, 2.45) is 11.3 Å². The molecule has 7 heteroatoms. The van der Waals surface area contributed by atoms with E-state index < -0.39 is 5.54 Å². The van der Waals surface area contributed by atoms with Gasteiger partial charge < -0.3 is 10.2 Å². The monoisotopic (exact) mass is 496 g/mol. The number of nitrogens with one attached hydrogen (secondary N) is 1. The minimum atomic E-state index is -0.790. The van der Waals surface area contributed by atoms with Crippen molar-refractivity contribution in [2.75, 3.05) is 32.7 Å². The Kier molecular flexibility index (Phi) is 7.63. The predicted molar refractivity (Wildman–Crippen MR) is 142 cm³/mol. The smallest absolute Gasteiger partial charge is 0.316 e. The number of urea groups is 1.